The Labute approximate surface area is 251 Å². The van der Waals surface area contributed by atoms with Gasteiger partial charge in [-0.25, -0.2) is 15.0 Å². The van der Waals surface area contributed by atoms with E-state index in [1.54, 1.807) is 42.5 Å². The van der Waals surface area contributed by atoms with Crippen molar-refractivity contribution in [1.29, 1.82) is 0 Å². The molecule has 3 heterocycles. The van der Waals surface area contributed by atoms with Gasteiger partial charge in [0, 0.05) is 13.1 Å². The summed E-state index contributed by atoms with van der Waals surface area (Å²) in [4.78, 5) is 61.7. The van der Waals surface area contributed by atoms with E-state index in [2.05, 4.69) is 4.98 Å². The molecule has 4 N–H and O–H groups in total. The molecule has 13 heteroatoms. The average Bonchev–Trinajstić information content (AvgIpc) is 2.96. The number of hydrogen-bond donors (Lipinski definition) is 4. The summed E-state index contributed by atoms with van der Waals surface area (Å²) in [6, 6.07) is 23.4. The highest BCUT2D eigenvalue weighted by molar-refractivity contribution is 5.74. The Balaban J connectivity index is 1.70. The predicted molar refractivity (Wildman–Crippen MR) is 157 cm³/mol. The van der Waals surface area contributed by atoms with E-state index in [0.29, 0.717) is 34.2 Å². The maximum absolute atomic E-state index is 11.4. The molecule has 4 aromatic rings. The maximum atomic E-state index is 11.4. The van der Waals surface area contributed by atoms with E-state index in [1.807, 2.05) is 36.4 Å². The number of rotatable bonds is 15. The smallest absolute Gasteiger partial charge is 0.317 e. The van der Waals surface area contributed by atoms with Gasteiger partial charge in [-0.1, -0.05) is 42.5 Å². The van der Waals surface area contributed by atoms with Crippen LogP contribution in [0.3, 0.4) is 0 Å². The van der Waals surface area contributed by atoms with Crippen LogP contribution in [0.5, 0.6) is 0 Å². The lowest BCUT2D eigenvalue weighted by Crippen LogP contribution is -2.34. The Kier molecular flexibility index (Phi) is 10.4. The Morgan fingerprint density at radius 3 is 1.48 bits per heavy atom. The van der Waals surface area contributed by atoms with Crippen LogP contribution in [0.25, 0.3) is 33.9 Å². The molecule has 0 amide bonds. The molecule has 0 atom stereocenters. The fourth-order valence-corrected chi connectivity index (χ4v) is 4.59. The molecule has 44 heavy (non-hydrogen) atoms. The van der Waals surface area contributed by atoms with Crippen LogP contribution in [0.1, 0.15) is 11.4 Å². The highest BCUT2D eigenvalue weighted by Gasteiger charge is 2.18. The molecule has 0 bridgehead atoms. The van der Waals surface area contributed by atoms with Crippen LogP contribution in [-0.4, -0.2) is 95.2 Å². The van der Waals surface area contributed by atoms with E-state index in [0.717, 1.165) is 11.1 Å². The molecular weight excluding hydrogens is 570 g/mol. The molecule has 0 unspecified atom stereocenters. The number of carboxylic acids is 4. The van der Waals surface area contributed by atoms with E-state index in [9.17, 15) is 29.4 Å². The van der Waals surface area contributed by atoms with Gasteiger partial charge in [0.1, 0.15) is 0 Å². The fraction of sp³-hybridized carbons (Fsp3) is 0.194. The summed E-state index contributed by atoms with van der Waals surface area (Å²) in [6.07, 6.45) is 0. The summed E-state index contributed by atoms with van der Waals surface area (Å²) < 4.78 is 0. The molecular formula is C31H29N5O8. The Morgan fingerprint density at radius 2 is 0.932 bits per heavy atom. The molecule has 0 aliphatic carbocycles. The quantitative estimate of drug-likeness (QED) is 0.156. The molecule has 0 fully saturated rings. The molecule has 0 aliphatic rings. The van der Waals surface area contributed by atoms with Crippen LogP contribution in [0.4, 0.5) is 0 Å². The summed E-state index contributed by atoms with van der Waals surface area (Å²) in [5, 5.41) is 36.9. The second-order valence-corrected chi connectivity index (χ2v) is 9.89. The normalized spacial score (nSPS) is 11.0. The molecule has 3 aromatic heterocycles. The van der Waals surface area contributed by atoms with Crippen molar-refractivity contribution in [1.82, 2.24) is 24.8 Å². The molecule has 13 nitrogen and oxygen atoms in total. The summed E-state index contributed by atoms with van der Waals surface area (Å²) in [7, 11) is 0. The number of pyridine rings is 3. The molecule has 226 valence electrons. The van der Waals surface area contributed by atoms with Gasteiger partial charge >= 0.3 is 23.9 Å². The van der Waals surface area contributed by atoms with Gasteiger partial charge < -0.3 is 20.4 Å². The molecule has 1 aromatic carbocycles. The van der Waals surface area contributed by atoms with Gasteiger partial charge in [0.15, 0.2) is 0 Å². The van der Waals surface area contributed by atoms with Crippen LogP contribution < -0.4 is 0 Å². The third-order valence-electron chi connectivity index (χ3n) is 6.27. The van der Waals surface area contributed by atoms with Crippen molar-refractivity contribution in [2.24, 2.45) is 0 Å². The van der Waals surface area contributed by atoms with Gasteiger partial charge in [0.25, 0.3) is 0 Å². The standard InChI is InChI=1S/C31H29N5O8/c37-28(38)16-35(17-29(39)40)14-22-8-4-9-24(32-22)25-10-5-11-26(34-25)27-13-21(20-6-2-1-3-7-20)12-23(33-27)15-36(18-30(41)42)19-31(43)44/h1-13H,14-19H2,(H,37,38)(H,39,40)(H,41,42)(H,43,44). The average molecular weight is 600 g/mol. The van der Waals surface area contributed by atoms with Crippen molar-refractivity contribution in [3.05, 3.63) is 90.3 Å². The van der Waals surface area contributed by atoms with Crippen LogP contribution in [-0.2, 0) is 32.3 Å². The molecule has 4 rings (SSSR count). The molecule has 0 spiro atoms. The first kappa shape index (κ1) is 31.4. The fourth-order valence-electron chi connectivity index (χ4n) is 4.59. The van der Waals surface area contributed by atoms with Gasteiger partial charge in [-0.2, -0.15) is 0 Å². The van der Waals surface area contributed by atoms with Crippen molar-refractivity contribution in [2.45, 2.75) is 13.1 Å². The maximum Gasteiger partial charge on any atom is 0.317 e. The lowest BCUT2D eigenvalue weighted by molar-refractivity contribution is -0.144. The van der Waals surface area contributed by atoms with Crippen LogP contribution in [0.15, 0.2) is 78.9 Å². The van der Waals surface area contributed by atoms with Gasteiger partial charge in [-0.05, 0) is 47.5 Å². The highest BCUT2D eigenvalue weighted by Crippen LogP contribution is 2.27. The van der Waals surface area contributed by atoms with Crippen molar-refractivity contribution in [3.63, 3.8) is 0 Å². The van der Waals surface area contributed by atoms with Crippen LogP contribution in [0.2, 0.25) is 0 Å². The summed E-state index contributed by atoms with van der Waals surface area (Å²) in [6.45, 7) is -1.92. The lowest BCUT2D eigenvalue weighted by atomic mass is 10.0. The van der Waals surface area contributed by atoms with Gasteiger partial charge in [-0.3, -0.25) is 29.0 Å². The number of nitrogens with zero attached hydrogens (tertiary/aromatic N) is 5. The summed E-state index contributed by atoms with van der Waals surface area (Å²) >= 11 is 0. The zero-order valence-electron chi connectivity index (χ0n) is 23.4. The van der Waals surface area contributed by atoms with Crippen molar-refractivity contribution in [2.75, 3.05) is 26.2 Å². The minimum absolute atomic E-state index is 0.000642. The first-order chi connectivity index (χ1) is 21.0. The predicted octanol–water partition coefficient (Wildman–Crippen LogP) is 2.81. The minimum atomic E-state index is -1.16. The number of aliphatic carboxylic acids is 4. The van der Waals surface area contributed by atoms with Crippen LogP contribution >= 0.6 is 0 Å². The third kappa shape index (κ3) is 9.24. The van der Waals surface area contributed by atoms with Gasteiger partial charge in [0.05, 0.1) is 60.3 Å². The molecule has 0 radical (unpaired) electrons. The zero-order valence-corrected chi connectivity index (χ0v) is 23.4. The second-order valence-electron chi connectivity index (χ2n) is 9.89. The number of carbonyl (C=O) groups is 4. The monoisotopic (exact) mass is 599 g/mol. The summed E-state index contributed by atoms with van der Waals surface area (Å²) in [5.74, 6) is -4.64. The molecule has 0 aliphatic heterocycles. The van der Waals surface area contributed by atoms with Crippen LogP contribution in [0, 0.1) is 0 Å². The lowest BCUT2D eigenvalue weighted by Gasteiger charge is -2.19. The number of hydrogen-bond acceptors (Lipinski definition) is 9. The Hall–Kier alpha value is -5.53. The number of aromatic nitrogens is 3. The third-order valence-corrected chi connectivity index (χ3v) is 6.27. The van der Waals surface area contributed by atoms with E-state index < -0.39 is 50.1 Å². The molecule has 0 saturated carbocycles. The Bertz CT molecular complexity index is 1630. The largest absolute Gasteiger partial charge is 0.480 e. The van der Waals surface area contributed by atoms with E-state index >= 15 is 0 Å². The minimum Gasteiger partial charge on any atom is -0.480 e. The number of benzene rings is 1. The summed E-state index contributed by atoms with van der Waals surface area (Å²) in [5.41, 5.74) is 4.48. The SMILES string of the molecule is O=C(O)CN(CC(=O)O)Cc1cccc(-c2cccc(-c3cc(-c4ccccc4)cc(CN(CC(=O)O)CC(=O)O)n3)n2)n1. The topological polar surface area (TPSA) is 194 Å². The zero-order chi connectivity index (χ0) is 31.6. The first-order valence-corrected chi connectivity index (χ1v) is 13.4. The van der Waals surface area contributed by atoms with E-state index in [1.165, 1.54) is 9.80 Å². The molecule has 0 saturated heterocycles. The van der Waals surface area contributed by atoms with Crippen molar-refractivity contribution >= 4 is 23.9 Å². The first-order valence-electron chi connectivity index (χ1n) is 13.4. The number of carboxylic acid groups (broad SMARTS) is 4. The van der Waals surface area contributed by atoms with E-state index in [-0.39, 0.29) is 13.1 Å². The van der Waals surface area contributed by atoms with Crippen molar-refractivity contribution < 1.29 is 39.6 Å². The second kappa shape index (κ2) is 14.6. The Morgan fingerprint density at radius 1 is 0.477 bits per heavy atom. The highest BCUT2D eigenvalue weighted by atomic mass is 16.4. The van der Waals surface area contributed by atoms with Gasteiger partial charge in [-0.15, -0.1) is 0 Å². The van der Waals surface area contributed by atoms with E-state index in [4.69, 9.17) is 20.2 Å². The van der Waals surface area contributed by atoms with Gasteiger partial charge in [0.2, 0.25) is 0 Å². The van der Waals surface area contributed by atoms with Crippen molar-refractivity contribution in [3.8, 4) is 33.9 Å².